The SMILES string of the molecule is CCCCC(C)(CCC)c1ccc(OC)cc1. The highest BCUT2D eigenvalue weighted by Gasteiger charge is 2.24. The molecule has 0 spiro atoms. The van der Waals surface area contributed by atoms with E-state index < -0.39 is 0 Å². The highest BCUT2D eigenvalue weighted by atomic mass is 16.5. The minimum Gasteiger partial charge on any atom is -0.497 e. The van der Waals surface area contributed by atoms with E-state index >= 15 is 0 Å². The summed E-state index contributed by atoms with van der Waals surface area (Å²) >= 11 is 0. The molecule has 0 fully saturated rings. The van der Waals surface area contributed by atoms with E-state index in [2.05, 4.69) is 45.0 Å². The van der Waals surface area contributed by atoms with Crippen molar-refractivity contribution in [3.05, 3.63) is 29.8 Å². The second-order valence-corrected chi connectivity index (χ2v) is 5.14. The third kappa shape index (κ3) is 3.76. The van der Waals surface area contributed by atoms with Crippen LogP contribution in [0.25, 0.3) is 0 Å². The Labute approximate surface area is 106 Å². The molecule has 0 radical (unpaired) electrons. The summed E-state index contributed by atoms with van der Waals surface area (Å²) in [5, 5.41) is 0. The molecule has 0 saturated heterocycles. The van der Waals surface area contributed by atoms with Gasteiger partial charge in [-0.3, -0.25) is 0 Å². The molecule has 1 unspecified atom stereocenters. The van der Waals surface area contributed by atoms with Crippen LogP contribution in [0.3, 0.4) is 0 Å². The topological polar surface area (TPSA) is 9.23 Å². The van der Waals surface area contributed by atoms with Crippen molar-refractivity contribution in [2.75, 3.05) is 7.11 Å². The van der Waals surface area contributed by atoms with Crippen molar-refractivity contribution in [2.45, 2.75) is 58.3 Å². The molecule has 1 aromatic rings. The first-order valence-corrected chi connectivity index (χ1v) is 6.81. The maximum atomic E-state index is 5.22. The van der Waals surface area contributed by atoms with E-state index in [1.54, 1.807) is 7.11 Å². The van der Waals surface area contributed by atoms with Gasteiger partial charge >= 0.3 is 0 Å². The molecule has 0 aliphatic heterocycles. The van der Waals surface area contributed by atoms with Gasteiger partial charge in [-0.15, -0.1) is 0 Å². The number of rotatable bonds is 7. The number of unbranched alkanes of at least 4 members (excludes halogenated alkanes) is 1. The summed E-state index contributed by atoms with van der Waals surface area (Å²) < 4.78 is 5.22. The molecule has 0 aromatic heterocycles. The first-order valence-electron chi connectivity index (χ1n) is 6.81. The summed E-state index contributed by atoms with van der Waals surface area (Å²) in [7, 11) is 1.72. The van der Waals surface area contributed by atoms with Crippen LogP contribution in [-0.2, 0) is 5.41 Å². The van der Waals surface area contributed by atoms with E-state index in [-0.39, 0.29) is 0 Å². The van der Waals surface area contributed by atoms with Gasteiger partial charge in [-0.1, -0.05) is 52.2 Å². The zero-order valence-electron chi connectivity index (χ0n) is 11.8. The third-order valence-corrected chi connectivity index (χ3v) is 3.67. The number of hydrogen-bond acceptors (Lipinski definition) is 1. The molecule has 1 rings (SSSR count). The average Bonchev–Trinajstić information content (AvgIpc) is 2.37. The van der Waals surface area contributed by atoms with E-state index in [1.807, 2.05) is 0 Å². The Kier molecular flexibility index (Phi) is 5.54. The fourth-order valence-electron chi connectivity index (χ4n) is 2.53. The van der Waals surface area contributed by atoms with Gasteiger partial charge < -0.3 is 4.74 Å². The molecule has 1 heteroatoms. The minimum atomic E-state index is 0.330. The smallest absolute Gasteiger partial charge is 0.118 e. The van der Waals surface area contributed by atoms with Crippen LogP contribution in [0.4, 0.5) is 0 Å². The molecule has 1 nitrogen and oxygen atoms in total. The van der Waals surface area contributed by atoms with Crippen LogP contribution in [-0.4, -0.2) is 7.11 Å². The molecule has 1 aromatic carbocycles. The van der Waals surface area contributed by atoms with Gasteiger partial charge in [-0.25, -0.2) is 0 Å². The monoisotopic (exact) mass is 234 g/mol. The molecular weight excluding hydrogens is 208 g/mol. The molecular formula is C16H26O. The zero-order valence-corrected chi connectivity index (χ0v) is 11.8. The maximum Gasteiger partial charge on any atom is 0.118 e. The summed E-state index contributed by atoms with van der Waals surface area (Å²) in [6.07, 6.45) is 6.37. The van der Waals surface area contributed by atoms with Gasteiger partial charge in [0.1, 0.15) is 5.75 Å². The van der Waals surface area contributed by atoms with Crippen LogP contribution in [0.2, 0.25) is 0 Å². The van der Waals surface area contributed by atoms with Crippen molar-refractivity contribution in [3.8, 4) is 5.75 Å². The fourth-order valence-corrected chi connectivity index (χ4v) is 2.53. The summed E-state index contributed by atoms with van der Waals surface area (Å²) in [6, 6.07) is 8.61. The van der Waals surface area contributed by atoms with Crippen LogP contribution in [0.15, 0.2) is 24.3 Å². The lowest BCUT2D eigenvalue weighted by atomic mass is 9.75. The van der Waals surface area contributed by atoms with Crippen LogP contribution in [0.1, 0.15) is 58.4 Å². The van der Waals surface area contributed by atoms with Crippen molar-refractivity contribution >= 4 is 0 Å². The van der Waals surface area contributed by atoms with Crippen molar-refractivity contribution in [3.63, 3.8) is 0 Å². The van der Waals surface area contributed by atoms with E-state index in [1.165, 1.54) is 37.7 Å². The van der Waals surface area contributed by atoms with Gasteiger partial charge in [0.05, 0.1) is 7.11 Å². The largest absolute Gasteiger partial charge is 0.497 e. The van der Waals surface area contributed by atoms with Gasteiger partial charge in [-0.05, 0) is 36.0 Å². The Morgan fingerprint density at radius 3 is 2.12 bits per heavy atom. The fraction of sp³-hybridized carbons (Fsp3) is 0.625. The highest BCUT2D eigenvalue weighted by molar-refractivity contribution is 5.32. The molecule has 0 aliphatic carbocycles. The normalized spacial score (nSPS) is 14.4. The molecule has 17 heavy (non-hydrogen) atoms. The maximum absolute atomic E-state index is 5.22. The van der Waals surface area contributed by atoms with Crippen LogP contribution >= 0.6 is 0 Å². The summed E-state index contributed by atoms with van der Waals surface area (Å²) in [5.41, 5.74) is 1.78. The lowest BCUT2D eigenvalue weighted by Gasteiger charge is -2.30. The Balaban J connectivity index is 2.87. The Morgan fingerprint density at radius 1 is 1.00 bits per heavy atom. The molecule has 1 atom stereocenters. The second-order valence-electron chi connectivity index (χ2n) is 5.14. The molecule has 96 valence electrons. The van der Waals surface area contributed by atoms with Crippen molar-refractivity contribution in [2.24, 2.45) is 0 Å². The van der Waals surface area contributed by atoms with Crippen LogP contribution in [0.5, 0.6) is 5.75 Å². The van der Waals surface area contributed by atoms with Crippen LogP contribution < -0.4 is 4.74 Å². The molecule has 0 heterocycles. The molecule has 0 saturated carbocycles. The predicted molar refractivity (Wildman–Crippen MR) is 74.8 cm³/mol. The Bertz CT molecular complexity index is 315. The second kappa shape index (κ2) is 6.68. The molecule has 0 bridgehead atoms. The summed E-state index contributed by atoms with van der Waals surface area (Å²) in [4.78, 5) is 0. The number of benzene rings is 1. The van der Waals surface area contributed by atoms with Gasteiger partial charge in [0.25, 0.3) is 0 Å². The zero-order chi connectivity index (χ0) is 12.7. The highest BCUT2D eigenvalue weighted by Crippen LogP contribution is 2.35. The first kappa shape index (κ1) is 14.1. The first-order chi connectivity index (χ1) is 8.16. The van der Waals surface area contributed by atoms with E-state index in [4.69, 9.17) is 4.74 Å². The van der Waals surface area contributed by atoms with E-state index in [9.17, 15) is 0 Å². The molecule has 0 amide bonds. The standard InChI is InChI=1S/C16H26O/c1-5-7-13-16(3,12-6-2)14-8-10-15(17-4)11-9-14/h8-11H,5-7,12-13H2,1-4H3. The van der Waals surface area contributed by atoms with Gasteiger partial charge in [0, 0.05) is 0 Å². The van der Waals surface area contributed by atoms with Crippen molar-refractivity contribution in [1.82, 2.24) is 0 Å². The lowest BCUT2D eigenvalue weighted by Crippen LogP contribution is -2.21. The third-order valence-electron chi connectivity index (χ3n) is 3.67. The molecule has 0 aliphatic rings. The lowest BCUT2D eigenvalue weighted by molar-refractivity contribution is 0.380. The Hall–Kier alpha value is -0.980. The number of ether oxygens (including phenoxy) is 1. The van der Waals surface area contributed by atoms with Gasteiger partial charge in [-0.2, -0.15) is 0 Å². The molecule has 0 N–H and O–H groups in total. The number of methoxy groups -OCH3 is 1. The van der Waals surface area contributed by atoms with Gasteiger partial charge in [0.15, 0.2) is 0 Å². The van der Waals surface area contributed by atoms with Crippen molar-refractivity contribution in [1.29, 1.82) is 0 Å². The quantitative estimate of drug-likeness (QED) is 0.649. The van der Waals surface area contributed by atoms with Crippen LogP contribution in [0, 0.1) is 0 Å². The van der Waals surface area contributed by atoms with Crippen molar-refractivity contribution < 1.29 is 4.74 Å². The summed E-state index contributed by atoms with van der Waals surface area (Å²) in [5.74, 6) is 0.947. The predicted octanol–water partition coefficient (Wildman–Crippen LogP) is 4.94. The average molecular weight is 234 g/mol. The van der Waals surface area contributed by atoms with E-state index in [0.717, 1.165) is 5.75 Å². The van der Waals surface area contributed by atoms with E-state index in [0.29, 0.717) is 5.41 Å². The minimum absolute atomic E-state index is 0.330. The van der Waals surface area contributed by atoms with Gasteiger partial charge in [0.2, 0.25) is 0 Å². The number of hydrogen-bond donors (Lipinski definition) is 0. The summed E-state index contributed by atoms with van der Waals surface area (Å²) in [6.45, 7) is 6.93. The Morgan fingerprint density at radius 2 is 1.65 bits per heavy atom.